The van der Waals surface area contributed by atoms with Crippen molar-refractivity contribution in [3.63, 3.8) is 0 Å². The monoisotopic (exact) mass is 216 g/mol. The van der Waals surface area contributed by atoms with Gasteiger partial charge in [-0.3, -0.25) is 4.79 Å². The van der Waals surface area contributed by atoms with E-state index in [1.54, 1.807) is 4.90 Å². The molecule has 1 saturated carbocycles. The Kier molecular flexibility index (Phi) is 1.71. The molecule has 0 aromatic heterocycles. The number of halogens is 2. The molecule has 84 valence electrons. The third kappa shape index (κ3) is 1.22. The maximum atomic E-state index is 13.5. The van der Waals surface area contributed by atoms with Crippen LogP contribution in [0.5, 0.6) is 0 Å². The summed E-state index contributed by atoms with van der Waals surface area (Å²) in [5, 5.41) is 2.72. The van der Waals surface area contributed by atoms with Crippen molar-refractivity contribution >= 4 is 5.91 Å². The number of amides is 1. The fraction of sp³-hybridized carbons (Fsp3) is 0.900. The molecule has 0 aromatic rings. The van der Waals surface area contributed by atoms with E-state index in [9.17, 15) is 13.6 Å². The number of nitrogens with one attached hydrogen (secondary N) is 1. The molecule has 15 heavy (non-hydrogen) atoms. The molecule has 2 heterocycles. The summed E-state index contributed by atoms with van der Waals surface area (Å²) in [6.45, 7) is 0.581. The molecule has 0 radical (unpaired) electrons. The van der Waals surface area contributed by atoms with Gasteiger partial charge < -0.3 is 10.2 Å². The molecular weight excluding hydrogens is 202 g/mol. The van der Waals surface area contributed by atoms with Gasteiger partial charge in [-0.1, -0.05) is 0 Å². The molecule has 3 aliphatic rings. The van der Waals surface area contributed by atoms with Crippen LogP contribution in [-0.4, -0.2) is 42.9 Å². The van der Waals surface area contributed by atoms with Crippen LogP contribution in [0.3, 0.4) is 0 Å². The zero-order valence-corrected chi connectivity index (χ0v) is 8.43. The second-order valence-electron chi connectivity index (χ2n) is 5.06. The predicted molar refractivity (Wildman–Crippen MR) is 49.6 cm³/mol. The smallest absolute Gasteiger partial charge is 0.270 e. The summed E-state index contributed by atoms with van der Waals surface area (Å²) < 4.78 is 27.0. The van der Waals surface area contributed by atoms with E-state index >= 15 is 0 Å². The Morgan fingerprint density at radius 1 is 1.27 bits per heavy atom. The van der Waals surface area contributed by atoms with Crippen LogP contribution in [0.2, 0.25) is 0 Å². The lowest BCUT2D eigenvalue weighted by atomic mass is 9.76. The minimum absolute atomic E-state index is 0.0864. The lowest BCUT2D eigenvalue weighted by molar-refractivity contribution is -0.174. The number of nitrogens with zero attached hydrogens (tertiary/aromatic N) is 1. The van der Waals surface area contributed by atoms with E-state index < -0.39 is 11.3 Å². The molecule has 5 heteroatoms. The number of likely N-dealkylation sites (tertiary alicyclic amines) is 1. The average molecular weight is 216 g/mol. The van der Waals surface area contributed by atoms with Crippen molar-refractivity contribution < 1.29 is 13.6 Å². The standard InChI is InChI=1S/C10H14F2N2O/c11-10(12)4-13-3-9(10)5-14(6-9)8(15)7-1-2-7/h7,13H,1-6H2. The minimum Gasteiger partial charge on any atom is -0.341 e. The van der Waals surface area contributed by atoms with Crippen molar-refractivity contribution in [2.24, 2.45) is 11.3 Å². The third-order valence-electron chi connectivity index (χ3n) is 3.81. The maximum Gasteiger partial charge on any atom is 0.270 e. The van der Waals surface area contributed by atoms with Gasteiger partial charge in [0.05, 0.1) is 12.0 Å². The van der Waals surface area contributed by atoms with E-state index in [0.29, 0.717) is 6.54 Å². The fourth-order valence-electron chi connectivity index (χ4n) is 2.55. The van der Waals surface area contributed by atoms with E-state index in [0.717, 1.165) is 12.8 Å². The largest absolute Gasteiger partial charge is 0.341 e. The van der Waals surface area contributed by atoms with Crippen LogP contribution >= 0.6 is 0 Å². The minimum atomic E-state index is -2.65. The summed E-state index contributed by atoms with van der Waals surface area (Å²) in [6.07, 6.45) is 1.88. The van der Waals surface area contributed by atoms with Crippen LogP contribution in [0, 0.1) is 11.3 Å². The average Bonchev–Trinajstić information content (AvgIpc) is 2.86. The Balaban J connectivity index is 1.66. The summed E-state index contributed by atoms with van der Waals surface area (Å²) in [7, 11) is 0. The highest BCUT2D eigenvalue weighted by Crippen LogP contribution is 2.48. The maximum absolute atomic E-state index is 13.5. The van der Waals surface area contributed by atoms with Crippen LogP contribution in [0.25, 0.3) is 0 Å². The van der Waals surface area contributed by atoms with Gasteiger partial charge in [0.2, 0.25) is 5.91 Å². The normalized spacial score (nSPS) is 31.7. The summed E-state index contributed by atoms with van der Waals surface area (Å²) in [5.41, 5.74) is -0.961. The SMILES string of the molecule is O=C(C1CC1)N1CC2(CNCC2(F)F)C1. The number of rotatable bonds is 1. The zero-order chi connectivity index (χ0) is 10.7. The van der Waals surface area contributed by atoms with Crippen molar-refractivity contribution in [2.45, 2.75) is 18.8 Å². The van der Waals surface area contributed by atoms with E-state index in [4.69, 9.17) is 0 Å². The van der Waals surface area contributed by atoms with Gasteiger partial charge in [0, 0.05) is 25.6 Å². The van der Waals surface area contributed by atoms with Crippen molar-refractivity contribution in [3.05, 3.63) is 0 Å². The van der Waals surface area contributed by atoms with Gasteiger partial charge in [-0.25, -0.2) is 8.78 Å². The predicted octanol–water partition coefficient (Wildman–Crippen LogP) is 0.464. The third-order valence-corrected chi connectivity index (χ3v) is 3.81. The molecule has 2 aliphatic heterocycles. The van der Waals surface area contributed by atoms with Crippen LogP contribution in [0.1, 0.15) is 12.8 Å². The molecule has 1 aliphatic carbocycles. The van der Waals surface area contributed by atoms with Crippen LogP contribution < -0.4 is 5.32 Å². The van der Waals surface area contributed by atoms with E-state index in [-0.39, 0.29) is 31.5 Å². The first-order chi connectivity index (χ1) is 7.04. The molecule has 1 spiro atoms. The van der Waals surface area contributed by atoms with Crippen LogP contribution in [-0.2, 0) is 4.79 Å². The van der Waals surface area contributed by atoms with Crippen molar-refractivity contribution in [1.29, 1.82) is 0 Å². The lowest BCUT2D eigenvalue weighted by Crippen LogP contribution is -2.66. The number of carbonyl (C=O) groups excluding carboxylic acids is 1. The van der Waals surface area contributed by atoms with Crippen molar-refractivity contribution in [1.82, 2.24) is 10.2 Å². The summed E-state index contributed by atoms with van der Waals surface area (Å²) >= 11 is 0. The Morgan fingerprint density at radius 3 is 2.40 bits per heavy atom. The Bertz CT molecular complexity index is 309. The Labute approximate surface area is 86.8 Å². The first kappa shape index (κ1) is 9.51. The molecule has 0 aromatic carbocycles. The molecule has 0 unspecified atom stereocenters. The van der Waals surface area contributed by atoms with Crippen molar-refractivity contribution in [3.8, 4) is 0 Å². The molecule has 3 nitrogen and oxygen atoms in total. The van der Waals surface area contributed by atoms with Gasteiger partial charge in [-0.05, 0) is 12.8 Å². The molecule has 1 amide bonds. The summed E-state index contributed by atoms with van der Waals surface area (Å²) in [6, 6.07) is 0. The molecular formula is C10H14F2N2O. The Hall–Kier alpha value is -0.710. The number of hydrogen-bond donors (Lipinski definition) is 1. The van der Waals surface area contributed by atoms with E-state index in [2.05, 4.69) is 5.32 Å². The van der Waals surface area contributed by atoms with Crippen LogP contribution in [0.15, 0.2) is 0 Å². The molecule has 0 bridgehead atoms. The van der Waals surface area contributed by atoms with Gasteiger partial charge in [-0.15, -0.1) is 0 Å². The quantitative estimate of drug-likeness (QED) is 0.690. The number of alkyl halides is 2. The highest BCUT2D eigenvalue weighted by Gasteiger charge is 2.64. The van der Waals surface area contributed by atoms with Gasteiger partial charge in [-0.2, -0.15) is 0 Å². The number of carbonyl (C=O) groups is 1. The lowest BCUT2D eigenvalue weighted by Gasteiger charge is -2.50. The first-order valence-electron chi connectivity index (χ1n) is 5.41. The molecule has 1 N–H and O–H groups in total. The molecule has 2 saturated heterocycles. The van der Waals surface area contributed by atoms with Crippen molar-refractivity contribution in [2.75, 3.05) is 26.2 Å². The van der Waals surface area contributed by atoms with Crippen LogP contribution in [0.4, 0.5) is 8.78 Å². The van der Waals surface area contributed by atoms with E-state index in [1.165, 1.54) is 0 Å². The second kappa shape index (κ2) is 2.70. The Morgan fingerprint density at radius 2 is 1.93 bits per heavy atom. The first-order valence-corrected chi connectivity index (χ1v) is 5.41. The molecule has 3 rings (SSSR count). The van der Waals surface area contributed by atoms with Gasteiger partial charge >= 0.3 is 0 Å². The summed E-state index contributed by atoms with van der Waals surface area (Å²) in [5.74, 6) is -2.42. The van der Waals surface area contributed by atoms with Gasteiger partial charge in [0.1, 0.15) is 0 Å². The van der Waals surface area contributed by atoms with Gasteiger partial charge in [0.25, 0.3) is 5.92 Å². The fourth-order valence-corrected chi connectivity index (χ4v) is 2.55. The molecule has 3 fully saturated rings. The highest BCUT2D eigenvalue weighted by atomic mass is 19.3. The topological polar surface area (TPSA) is 32.3 Å². The second-order valence-corrected chi connectivity index (χ2v) is 5.06. The summed E-state index contributed by atoms with van der Waals surface area (Å²) in [4.78, 5) is 13.2. The van der Waals surface area contributed by atoms with E-state index in [1.807, 2.05) is 0 Å². The molecule has 0 atom stereocenters. The number of hydrogen-bond acceptors (Lipinski definition) is 2. The highest BCUT2D eigenvalue weighted by molar-refractivity contribution is 5.82. The van der Waals surface area contributed by atoms with Gasteiger partial charge in [0.15, 0.2) is 0 Å². The zero-order valence-electron chi connectivity index (χ0n) is 8.43.